The van der Waals surface area contributed by atoms with Gasteiger partial charge in [0, 0.05) is 17.1 Å². The molecule has 0 atom stereocenters. The largest absolute Gasteiger partial charge is 0.573 e. The molecule has 0 spiro atoms. The number of hydrogen-bond acceptors (Lipinski definition) is 3. The Labute approximate surface area is 105 Å². The zero-order chi connectivity index (χ0) is 13.3. The maximum atomic E-state index is 12.0. The fraction of sp³-hybridized carbons (Fsp3) is 0.100. The van der Waals surface area contributed by atoms with Gasteiger partial charge >= 0.3 is 6.36 Å². The number of hydrogen-bond donors (Lipinski definition) is 0. The average Bonchev–Trinajstić information content (AvgIpc) is 2.66. The first-order chi connectivity index (χ1) is 8.35. The fourth-order valence-electron chi connectivity index (χ4n) is 1.17. The SMILES string of the molecule is [2H]c1csc(-c2ccc(OC(F)(F)F)c(Cl)c2)n1. The second kappa shape index (κ2) is 4.54. The third-order valence-electron chi connectivity index (χ3n) is 1.79. The van der Waals surface area contributed by atoms with Crippen molar-refractivity contribution in [2.24, 2.45) is 0 Å². The molecular formula is C10H5ClF3NOS. The molecular weight excluding hydrogens is 275 g/mol. The highest BCUT2D eigenvalue weighted by atomic mass is 35.5. The van der Waals surface area contributed by atoms with Gasteiger partial charge in [0.05, 0.1) is 6.39 Å². The Morgan fingerprint density at radius 2 is 2.18 bits per heavy atom. The van der Waals surface area contributed by atoms with Crippen LogP contribution in [0.2, 0.25) is 5.02 Å². The molecule has 1 aromatic carbocycles. The lowest BCUT2D eigenvalue weighted by Crippen LogP contribution is -2.17. The van der Waals surface area contributed by atoms with Crippen LogP contribution in [-0.2, 0) is 0 Å². The number of ether oxygens (including phenoxy) is 1. The fourth-order valence-corrected chi connectivity index (χ4v) is 1.97. The quantitative estimate of drug-likeness (QED) is 0.815. The average molecular weight is 281 g/mol. The first kappa shape index (κ1) is 10.9. The Morgan fingerprint density at radius 1 is 1.41 bits per heavy atom. The van der Waals surface area contributed by atoms with Crippen molar-refractivity contribution in [3.63, 3.8) is 0 Å². The molecule has 90 valence electrons. The van der Waals surface area contributed by atoms with E-state index in [9.17, 15) is 13.2 Å². The van der Waals surface area contributed by atoms with E-state index in [0.717, 1.165) is 6.07 Å². The highest BCUT2D eigenvalue weighted by Gasteiger charge is 2.32. The minimum atomic E-state index is -4.78. The molecule has 0 bridgehead atoms. The molecule has 2 aromatic rings. The summed E-state index contributed by atoms with van der Waals surface area (Å²) in [5, 5.41) is 1.87. The van der Waals surface area contributed by atoms with Crippen LogP contribution in [0.4, 0.5) is 13.2 Å². The van der Waals surface area contributed by atoms with Crippen molar-refractivity contribution < 1.29 is 19.3 Å². The molecule has 0 aliphatic carbocycles. The first-order valence-electron chi connectivity index (χ1n) is 4.83. The van der Waals surface area contributed by atoms with Gasteiger partial charge in [0.15, 0.2) is 0 Å². The van der Waals surface area contributed by atoms with Gasteiger partial charge in [0.2, 0.25) is 0 Å². The summed E-state index contributed by atoms with van der Waals surface area (Å²) in [5.74, 6) is -0.462. The Balaban J connectivity index is 2.30. The van der Waals surface area contributed by atoms with Crippen LogP contribution in [0.15, 0.2) is 29.8 Å². The van der Waals surface area contributed by atoms with E-state index in [0.29, 0.717) is 10.6 Å². The van der Waals surface area contributed by atoms with Crippen LogP contribution in [0.25, 0.3) is 10.6 Å². The van der Waals surface area contributed by atoms with Crippen LogP contribution in [0.1, 0.15) is 1.37 Å². The van der Waals surface area contributed by atoms with Gasteiger partial charge < -0.3 is 4.74 Å². The summed E-state index contributed by atoms with van der Waals surface area (Å²) in [5.41, 5.74) is 0.540. The van der Waals surface area contributed by atoms with Gasteiger partial charge in [-0.05, 0) is 18.2 Å². The predicted molar refractivity (Wildman–Crippen MR) is 59.2 cm³/mol. The number of aromatic nitrogens is 1. The number of halogens is 4. The van der Waals surface area contributed by atoms with E-state index in [4.69, 9.17) is 13.0 Å². The van der Waals surface area contributed by atoms with Crippen molar-refractivity contribution in [1.82, 2.24) is 4.98 Å². The van der Waals surface area contributed by atoms with Crippen LogP contribution in [0.3, 0.4) is 0 Å². The second-order valence-electron chi connectivity index (χ2n) is 2.97. The van der Waals surface area contributed by atoms with E-state index < -0.39 is 12.1 Å². The molecule has 1 heterocycles. The van der Waals surface area contributed by atoms with E-state index in [1.807, 2.05) is 0 Å². The lowest BCUT2D eigenvalue weighted by atomic mass is 10.2. The summed E-state index contributed by atoms with van der Waals surface area (Å²) in [7, 11) is 0. The molecule has 0 radical (unpaired) electrons. The Bertz CT molecular complexity index is 572. The van der Waals surface area contributed by atoms with Crippen molar-refractivity contribution in [3.8, 4) is 16.3 Å². The summed E-state index contributed by atoms with van der Waals surface area (Å²) >= 11 is 6.91. The molecule has 0 aliphatic heterocycles. The topological polar surface area (TPSA) is 22.1 Å². The summed E-state index contributed by atoms with van der Waals surface area (Å²) in [6, 6.07) is 3.85. The molecule has 0 saturated carbocycles. The standard InChI is InChI=1S/C10H5ClF3NOS/c11-7-5-6(9-15-3-4-17-9)1-2-8(7)16-10(12,13)14/h1-5H/i3D. The van der Waals surface area contributed by atoms with Crippen molar-refractivity contribution in [1.29, 1.82) is 0 Å². The maximum absolute atomic E-state index is 12.0. The van der Waals surface area contributed by atoms with Crippen LogP contribution >= 0.6 is 22.9 Å². The van der Waals surface area contributed by atoms with Gasteiger partial charge in [0.25, 0.3) is 0 Å². The van der Waals surface area contributed by atoms with Crippen LogP contribution < -0.4 is 4.74 Å². The molecule has 17 heavy (non-hydrogen) atoms. The number of thiazole rings is 1. The molecule has 0 aliphatic rings. The molecule has 0 amide bonds. The minimum absolute atomic E-state index is 0.0988. The number of rotatable bonds is 2. The zero-order valence-corrected chi connectivity index (χ0v) is 9.66. The number of benzene rings is 1. The molecule has 2 nitrogen and oxygen atoms in total. The van der Waals surface area contributed by atoms with E-state index in [1.54, 1.807) is 0 Å². The van der Waals surface area contributed by atoms with Crippen molar-refractivity contribution in [2.45, 2.75) is 6.36 Å². The molecule has 0 N–H and O–H groups in total. The summed E-state index contributed by atoms with van der Waals surface area (Å²) in [6.45, 7) is 0. The molecule has 1 aromatic heterocycles. The Morgan fingerprint density at radius 3 is 2.71 bits per heavy atom. The van der Waals surface area contributed by atoms with Gasteiger partial charge in [-0.25, -0.2) is 4.98 Å². The molecule has 7 heteroatoms. The second-order valence-corrected chi connectivity index (χ2v) is 4.24. The Hall–Kier alpha value is -1.27. The molecule has 0 fully saturated rings. The van der Waals surface area contributed by atoms with Gasteiger partial charge in [0.1, 0.15) is 10.8 Å². The normalized spacial score (nSPS) is 12.4. The first-order valence-corrected chi connectivity index (χ1v) is 5.59. The number of alkyl halides is 3. The van der Waals surface area contributed by atoms with Crippen LogP contribution in [0.5, 0.6) is 5.75 Å². The lowest BCUT2D eigenvalue weighted by molar-refractivity contribution is -0.274. The predicted octanol–water partition coefficient (Wildman–Crippen LogP) is 4.36. The van der Waals surface area contributed by atoms with Crippen molar-refractivity contribution in [3.05, 3.63) is 34.8 Å². The van der Waals surface area contributed by atoms with Crippen LogP contribution in [-0.4, -0.2) is 11.3 Å². The third-order valence-corrected chi connectivity index (χ3v) is 2.86. The van der Waals surface area contributed by atoms with Gasteiger partial charge in [-0.3, -0.25) is 0 Å². The smallest absolute Gasteiger partial charge is 0.404 e. The summed E-state index contributed by atoms with van der Waals surface area (Å²) < 4.78 is 47.1. The van der Waals surface area contributed by atoms with Gasteiger partial charge in [-0.15, -0.1) is 24.5 Å². The zero-order valence-electron chi connectivity index (χ0n) is 9.08. The molecule has 0 saturated heterocycles. The Kier molecular flexibility index (Phi) is 2.90. The lowest BCUT2D eigenvalue weighted by Gasteiger charge is -2.10. The highest BCUT2D eigenvalue weighted by molar-refractivity contribution is 7.13. The van der Waals surface area contributed by atoms with Crippen molar-refractivity contribution in [2.75, 3.05) is 0 Å². The van der Waals surface area contributed by atoms with Gasteiger partial charge in [-0.1, -0.05) is 11.6 Å². The highest BCUT2D eigenvalue weighted by Crippen LogP contribution is 2.34. The molecule has 2 rings (SSSR count). The third kappa shape index (κ3) is 3.10. The molecule has 0 unspecified atom stereocenters. The van der Waals surface area contributed by atoms with E-state index in [1.165, 1.54) is 28.8 Å². The summed E-state index contributed by atoms with van der Waals surface area (Å²) in [6.07, 6.45) is -4.68. The van der Waals surface area contributed by atoms with E-state index in [2.05, 4.69) is 9.72 Å². The number of nitrogens with zero attached hydrogens (tertiary/aromatic N) is 1. The van der Waals surface area contributed by atoms with Crippen molar-refractivity contribution >= 4 is 22.9 Å². The monoisotopic (exact) mass is 280 g/mol. The van der Waals surface area contributed by atoms with Gasteiger partial charge in [-0.2, -0.15) is 0 Å². The maximum Gasteiger partial charge on any atom is 0.573 e. The minimum Gasteiger partial charge on any atom is -0.404 e. The van der Waals surface area contributed by atoms with E-state index >= 15 is 0 Å². The summed E-state index contributed by atoms with van der Waals surface area (Å²) in [4.78, 5) is 3.89. The van der Waals surface area contributed by atoms with Crippen LogP contribution in [0, 0.1) is 0 Å². The van der Waals surface area contributed by atoms with E-state index in [-0.39, 0.29) is 11.2 Å².